The Morgan fingerprint density at radius 1 is 1.33 bits per heavy atom. The number of rotatable bonds is 4. The Hall–Kier alpha value is -3.50. The minimum absolute atomic E-state index is 0.210. The van der Waals surface area contributed by atoms with Crippen LogP contribution < -0.4 is 4.74 Å². The molecule has 0 aliphatic heterocycles. The van der Waals surface area contributed by atoms with Gasteiger partial charge in [0.05, 0.1) is 16.6 Å². The molecular weight excluding hydrogens is 298 g/mol. The molecule has 0 spiro atoms. The maximum Gasteiger partial charge on any atom is 0.149 e. The number of fused-ring (bicyclic) bond motifs is 1. The van der Waals surface area contributed by atoms with Gasteiger partial charge >= 0.3 is 0 Å². The summed E-state index contributed by atoms with van der Waals surface area (Å²) in [7, 11) is 0. The zero-order valence-electron chi connectivity index (χ0n) is 13.2. The van der Waals surface area contributed by atoms with Gasteiger partial charge in [0.2, 0.25) is 0 Å². The lowest BCUT2D eigenvalue weighted by atomic mass is 10.1. The number of nitriles is 1. The highest BCUT2D eigenvalue weighted by molar-refractivity contribution is 5.90. The normalized spacial score (nSPS) is 11.0. The van der Waals surface area contributed by atoms with E-state index >= 15 is 0 Å². The second kappa shape index (κ2) is 6.73. The summed E-state index contributed by atoms with van der Waals surface area (Å²) in [6.07, 6.45) is 6.97. The van der Waals surface area contributed by atoms with Crippen LogP contribution in [0.15, 0.2) is 42.5 Å². The number of hydrogen-bond donors (Lipinski definition) is 1. The van der Waals surface area contributed by atoms with Crippen LogP contribution in [0.2, 0.25) is 0 Å². The van der Waals surface area contributed by atoms with Crippen molar-refractivity contribution in [3.63, 3.8) is 0 Å². The zero-order chi connectivity index (χ0) is 16.9. The third-order valence-corrected chi connectivity index (χ3v) is 3.50. The summed E-state index contributed by atoms with van der Waals surface area (Å²) < 4.78 is 5.41. The minimum atomic E-state index is 0.210. The smallest absolute Gasteiger partial charge is 0.149 e. The lowest BCUT2D eigenvalue weighted by Gasteiger charge is -2.03. The Morgan fingerprint density at radius 2 is 2.21 bits per heavy atom. The van der Waals surface area contributed by atoms with E-state index < -0.39 is 0 Å². The molecule has 0 bridgehead atoms. The van der Waals surface area contributed by atoms with Crippen LogP contribution in [0.5, 0.6) is 5.75 Å². The Bertz CT molecular complexity index is 1000. The summed E-state index contributed by atoms with van der Waals surface area (Å²) in [5.41, 5.74) is 4.19. The first-order valence-electron chi connectivity index (χ1n) is 7.44. The van der Waals surface area contributed by atoms with Crippen molar-refractivity contribution in [2.75, 3.05) is 6.61 Å². The molecule has 3 rings (SSSR count). The molecule has 3 aromatic rings. The van der Waals surface area contributed by atoms with Crippen LogP contribution in [0.3, 0.4) is 0 Å². The molecule has 0 unspecified atom stereocenters. The van der Waals surface area contributed by atoms with E-state index in [-0.39, 0.29) is 6.61 Å². The molecule has 0 aliphatic rings. The van der Waals surface area contributed by atoms with Crippen molar-refractivity contribution in [1.29, 1.82) is 5.26 Å². The number of aromatic amines is 1. The molecule has 4 heteroatoms. The monoisotopic (exact) mass is 313 g/mol. The highest BCUT2D eigenvalue weighted by Gasteiger charge is 2.08. The summed E-state index contributed by atoms with van der Waals surface area (Å²) >= 11 is 0. The van der Waals surface area contributed by atoms with Crippen molar-refractivity contribution in [2.24, 2.45) is 0 Å². The average Bonchev–Trinajstić information content (AvgIpc) is 3.01. The van der Waals surface area contributed by atoms with E-state index in [4.69, 9.17) is 11.2 Å². The molecule has 2 aromatic carbocycles. The SMILES string of the molecule is C#CCOc1cccc(/C=C(\C#N)c2nc3ccc(C)cc3[nH]2)c1. The van der Waals surface area contributed by atoms with E-state index in [0.29, 0.717) is 17.1 Å². The lowest BCUT2D eigenvalue weighted by Crippen LogP contribution is -1.93. The second-order valence-electron chi connectivity index (χ2n) is 5.34. The fraction of sp³-hybridized carbons (Fsp3) is 0.100. The Labute approximate surface area is 140 Å². The largest absolute Gasteiger partial charge is 0.481 e. The summed E-state index contributed by atoms with van der Waals surface area (Å²) in [6.45, 7) is 2.23. The van der Waals surface area contributed by atoms with Gasteiger partial charge < -0.3 is 9.72 Å². The van der Waals surface area contributed by atoms with Crippen LogP contribution in [-0.2, 0) is 0 Å². The molecule has 0 saturated carbocycles. The number of terminal acetylenes is 1. The van der Waals surface area contributed by atoms with Gasteiger partial charge in [0.25, 0.3) is 0 Å². The fourth-order valence-corrected chi connectivity index (χ4v) is 2.39. The number of H-pyrrole nitrogens is 1. The highest BCUT2D eigenvalue weighted by atomic mass is 16.5. The number of aromatic nitrogens is 2. The standard InChI is InChI=1S/C20H15N3O/c1-3-9-24-17-6-4-5-15(12-17)11-16(13-21)20-22-18-8-7-14(2)10-19(18)23-20/h1,4-8,10-12H,9H2,2H3,(H,22,23)/b16-11+. The van der Waals surface area contributed by atoms with Gasteiger partial charge in [-0.2, -0.15) is 5.26 Å². The number of hydrogen-bond acceptors (Lipinski definition) is 3. The highest BCUT2D eigenvalue weighted by Crippen LogP contribution is 2.22. The van der Waals surface area contributed by atoms with Crippen LogP contribution in [0.25, 0.3) is 22.7 Å². The molecule has 0 amide bonds. The van der Waals surface area contributed by atoms with Crippen LogP contribution in [-0.4, -0.2) is 16.6 Å². The molecule has 1 heterocycles. The molecule has 0 aliphatic carbocycles. The first-order chi connectivity index (χ1) is 11.7. The fourth-order valence-electron chi connectivity index (χ4n) is 2.39. The number of nitrogens with one attached hydrogen (secondary N) is 1. The quantitative estimate of drug-likeness (QED) is 0.586. The third-order valence-electron chi connectivity index (χ3n) is 3.50. The van der Waals surface area contributed by atoms with Crippen molar-refractivity contribution in [3.05, 3.63) is 59.4 Å². The molecule has 116 valence electrons. The van der Waals surface area contributed by atoms with E-state index in [0.717, 1.165) is 22.2 Å². The summed E-state index contributed by atoms with van der Waals surface area (Å²) in [5.74, 6) is 3.64. The van der Waals surface area contributed by atoms with Gasteiger partial charge in [-0.3, -0.25) is 0 Å². The first kappa shape index (κ1) is 15.4. The van der Waals surface area contributed by atoms with Gasteiger partial charge in [-0.15, -0.1) is 6.42 Å². The minimum Gasteiger partial charge on any atom is -0.481 e. The van der Waals surface area contributed by atoms with E-state index in [2.05, 4.69) is 22.0 Å². The van der Waals surface area contributed by atoms with Crippen molar-refractivity contribution in [1.82, 2.24) is 9.97 Å². The maximum atomic E-state index is 9.50. The van der Waals surface area contributed by atoms with Crippen molar-refractivity contribution < 1.29 is 4.74 Å². The van der Waals surface area contributed by atoms with E-state index in [1.54, 1.807) is 6.08 Å². The van der Waals surface area contributed by atoms with Crippen LogP contribution in [0, 0.1) is 30.6 Å². The van der Waals surface area contributed by atoms with Gasteiger partial charge in [-0.25, -0.2) is 4.98 Å². The Balaban J connectivity index is 1.97. The molecular formula is C20H15N3O. The summed E-state index contributed by atoms with van der Waals surface area (Å²) in [4.78, 5) is 7.69. The van der Waals surface area contributed by atoms with E-state index in [9.17, 15) is 5.26 Å². The van der Waals surface area contributed by atoms with E-state index in [1.165, 1.54) is 0 Å². The van der Waals surface area contributed by atoms with Crippen molar-refractivity contribution in [2.45, 2.75) is 6.92 Å². The molecule has 24 heavy (non-hydrogen) atoms. The predicted molar refractivity (Wildman–Crippen MR) is 95.1 cm³/mol. The van der Waals surface area contributed by atoms with Gasteiger partial charge in [-0.1, -0.05) is 24.1 Å². The van der Waals surface area contributed by atoms with Crippen molar-refractivity contribution in [3.8, 4) is 24.2 Å². The van der Waals surface area contributed by atoms with Gasteiger partial charge in [0, 0.05) is 0 Å². The molecule has 0 saturated heterocycles. The van der Waals surface area contributed by atoms with Gasteiger partial charge in [-0.05, 0) is 48.4 Å². The first-order valence-corrected chi connectivity index (χ1v) is 7.44. The second-order valence-corrected chi connectivity index (χ2v) is 5.34. The predicted octanol–water partition coefficient (Wildman–Crippen LogP) is 3.95. The number of imidazole rings is 1. The molecule has 0 fully saturated rings. The Kier molecular flexibility index (Phi) is 4.32. The Morgan fingerprint density at radius 3 is 3.00 bits per heavy atom. The molecule has 0 radical (unpaired) electrons. The number of allylic oxidation sites excluding steroid dienone is 1. The number of nitrogens with zero attached hydrogens (tertiary/aromatic N) is 2. The molecule has 1 N–H and O–H groups in total. The van der Waals surface area contributed by atoms with E-state index in [1.807, 2.05) is 49.4 Å². The average molecular weight is 313 g/mol. The zero-order valence-corrected chi connectivity index (χ0v) is 13.2. The third kappa shape index (κ3) is 3.29. The van der Waals surface area contributed by atoms with Crippen LogP contribution >= 0.6 is 0 Å². The number of ether oxygens (including phenoxy) is 1. The maximum absolute atomic E-state index is 9.50. The summed E-state index contributed by atoms with van der Waals surface area (Å²) in [6, 6.07) is 15.6. The van der Waals surface area contributed by atoms with Gasteiger partial charge in [0.1, 0.15) is 24.3 Å². The van der Waals surface area contributed by atoms with Gasteiger partial charge in [0.15, 0.2) is 0 Å². The van der Waals surface area contributed by atoms with Crippen LogP contribution in [0.1, 0.15) is 17.0 Å². The molecule has 1 aromatic heterocycles. The summed E-state index contributed by atoms with van der Waals surface area (Å²) in [5, 5.41) is 9.50. The molecule has 4 nitrogen and oxygen atoms in total. The topological polar surface area (TPSA) is 61.7 Å². The number of aryl methyl sites for hydroxylation is 1. The number of benzene rings is 2. The van der Waals surface area contributed by atoms with Crippen molar-refractivity contribution >= 4 is 22.7 Å². The van der Waals surface area contributed by atoms with Crippen LogP contribution in [0.4, 0.5) is 0 Å². The molecule has 0 atom stereocenters. The lowest BCUT2D eigenvalue weighted by molar-refractivity contribution is 0.370.